The van der Waals surface area contributed by atoms with Crippen molar-refractivity contribution in [2.75, 3.05) is 13.1 Å². The summed E-state index contributed by atoms with van der Waals surface area (Å²) < 4.78 is 8.63. The van der Waals surface area contributed by atoms with Crippen molar-refractivity contribution >= 4 is 6.09 Å². The summed E-state index contributed by atoms with van der Waals surface area (Å²) in [5, 5.41) is 4.51. The van der Waals surface area contributed by atoms with Gasteiger partial charge in [-0.25, -0.2) is 14.3 Å². The number of hydrogen-bond acceptors (Lipinski definition) is 4. The van der Waals surface area contributed by atoms with Crippen LogP contribution >= 0.6 is 0 Å². The molecule has 1 saturated heterocycles. The predicted molar refractivity (Wildman–Crippen MR) is 108 cm³/mol. The number of rotatable bonds is 3. The highest BCUT2D eigenvalue weighted by Crippen LogP contribution is 2.27. The maximum Gasteiger partial charge on any atom is 0.410 e. The van der Waals surface area contributed by atoms with Gasteiger partial charge in [-0.2, -0.15) is 5.10 Å². The van der Waals surface area contributed by atoms with Gasteiger partial charge in [-0.15, -0.1) is 0 Å². The van der Waals surface area contributed by atoms with Gasteiger partial charge < -0.3 is 9.64 Å². The molecule has 0 spiro atoms. The molecule has 1 aromatic carbocycles. The number of aromatic nitrogens is 3. The van der Waals surface area contributed by atoms with Gasteiger partial charge in [0, 0.05) is 26.1 Å². The molecule has 1 aliphatic rings. The minimum atomic E-state index is -0.497. The van der Waals surface area contributed by atoms with Crippen LogP contribution in [0.3, 0.4) is 0 Å². The van der Waals surface area contributed by atoms with E-state index in [1.165, 1.54) is 10.2 Å². The predicted octanol–water partition coefficient (Wildman–Crippen LogP) is 3.05. The lowest BCUT2D eigenvalue weighted by Gasteiger charge is -2.33. The Morgan fingerprint density at radius 2 is 1.79 bits per heavy atom. The molecule has 0 aliphatic carbocycles. The Bertz CT molecular complexity index is 882. The molecule has 2 aromatic rings. The zero-order valence-corrected chi connectivity index (χ0v) is 17.4. The summed E-state index contributed by atoms with van der Waals surface area (Å²) in [6.07, 6.45) is 1.26. The van der Waals surface area contributed by atoms with Gasteiger partial charge in [-0.3, -0.25) is 4.57 Å². The highest BCUT2D eigenvalue weighted by molar-refractivity contribution is 5.68. The first-order valence-electron chi connectivity index (χ1n) is 9.81. The van der Waals surface area contributed by atoms with Gasteiger partial charge in [0.05, 0.1) is 6.54 Å². The molecular weight excluding hydrogens is 356 g/mol. The van der Waals surface area contributed by atoms with Crippen molar-refractivity contribution in [1.29, 1.82) is 0 Å². The van der Waals surface area contributed by atoms with E-state index in [1.54, 1.807) is 16.5 Å². The number of likely N-dealkylation sites (tertiary alicyclic amines) is 1. The molecular formula is C21H30N4O3. The quantitative estimate of drug-likeness (QED) is 0.813. The van der Waals surface area contributed by atoms with E-state index in [9.17, 15) is 9.59 Å². The Hall–Kier alpha value is -2.57. The molecule has 7 heteroatoms. The van der Waals surface area contributed by atoms with Crippen molar-refractivity contribution in [2.45, 2.75) is 58.6 Å². The summed E-state index contributed by atoms with van der Waals surface area (Å²) in [6.45, 7) is 9.38. The van der Waals surface area contributed by atoms with Gasteiger partial charge in [0.2, 0.25) is 0 Å². The van der Waals surface area contributed by atoms with Crippen LogP contribution in [0.4, 0.5) is 4.79 Å². The Morgan fingerprint density at radius 1 is 1.18 bits per heavy atom. The van der Waals surface area contributed by atoms with Crippen molar-refractivity contribution in [1.82, 2.24) is 19.2 Å². The Kier molecular flexibility index (Phi) is 5.63. The lowest BCUT2D eigenvalue weighted by molar-refractivity contribution is 0.0202. The van der Waals surface area contributed by atoms with Crippen LogP contribution < -0.4 is 5.69 Å². The normalized spacial score (nSPS) is 15.7. The van der Waals surface area contributed by atoms with Crippen LogP contribution in [0.15, 0.2) is 29.1 Å². The molecule has 1 aliphatic heterocycles. The number of hydrogen-bond donors (Lipinski definition) is 0. The van der Waals surface area contributed by atoms with Gasteiger partial charge in [0.25, 0.3) is 0 Å². The maximum atomic E-state index is 12.6. The minimum Gasteiger partial charge on any atom is -0.444 e. The van der Waals surface area contributed by atoms with E-state index in [1.807, 2.05) is 39.8 Å². The number of piperidine rings is 1. The van der Waals surface area contributed by atoms with Crippen LogP contribution in [-0.4, -0.2) is 44.0 Å². The second-order valence-corrected chi connectivity index (χ2v) is 8.58. The Morgan fingerprint density at radius 3 is 2.36 bits per heavy atom. The van der Waals surface area contributed by atoms with Gasteiger partial charge in [0.15, 0.2) is 0 Å². The van der Waals surface area contributed by atoms with Crippen molar-refractivity contribution in [3.8, 4) is 0 Å². The highest BCUT2D eigenvalue weighted by Gasteiger charge is 2.30. The molecule has 7 nitrogen and oxygen atoms in total. The molecule has 0 unspecified atom stereocenters. The molecule has 152 valence electrons. The molecule has 0 bridgehead atoms. The molecule has 1 fully saturated rings. The number of carbonyl (C=O) groups is 1. The number of amides is 1. The number of aryl methyl sites for hydroxylation is 2. The first kappa shape index (κ1) is 20.2. The van der Waals surface area contributed by atoms with E-state index in [2.05, 4.69) is 17.2 Å². The van der Waals surface area contributed by atoms with Crippen LogP contribution in [0.1, 0.15) is 56.5 Å². The highest BCUT2D eigenvalue weighted by atomic mass is 16.6. The van der Waals surface area contributed by atoms with E-state index in [0.29, 0.717) is 19.6 Å². The monoisotopic (exact) mass is 386 g/mol. The number of benzene rings is 1. The zero-order chi connectivity index (χ0) is 20.5. The lowest BCUT2D eigenvalue weighted by atomic mass is 9.96. The fourth-order valence-electron chi connectivity index (χ4n) is 3.50. The van der Waals surface area contributed by atoms with Crippen molar-refractivity contribution in [2.24, 2.45) is 7.05 Å². The summed E-state index contributed by atoms with van der Waals surface area (Å²) >= 11 is 0. The molecule has 0 radical (unpaired) electrons. The zero-order valence-electron chi connectivity index (χ0n) is 17.4. The van der Waals surface area contributed by atoms with Gasteiger partial charge >= 0.3 is 11.8 Å². The maximum absolute atomic E-state index is 12.6. The largest absolute Gasteiger partial charge is 0.444 e. The smallest absolute Gasteiger partial charge is 0.410 e. The topological polar surface area (TPSA) is 69.4 Å². The molecule has 1 amide bonds. The summed E-state index contributed by atoms with van der Waals surface area (Å²) in [5.74, 6) is 0.954. The van der Waals surface area contributed by atoms with E-state index in [0.717, 1.165) is 24.2 Å². The van der Waals surface area contributed by atoms with Crippen LogP contribution in [0.25, 0.3) is 0 Å². The third-order valence-corrected chi connectivity index (χ3v) is 5.01. The first-order chi connectivity index (χ1) is 13.1. The van der Waals surface area contributed by atoms with Crippen LogP contribution in [0.5, 0.6) is 0 Å². The second-order valence-electron chi connectivity index (χ2n) is 8.58. The Balaban J connectivity index is 1.73. The van der Waals surface area contributed by atoms with Crippen molar-refractivity contribution in [3.63, 3.8) is 0 Å². The molecule has 0 N–H and O–H groups in total. The standard InChI is InChI=1S/C21H30N4O3/c1-15-6-8-16(9-7-15)14-25-18(22-23(5)19(25)26)17-10-12-24(13-11-17)20(27)28-21(2,3)4/h6-9,17H,10-14H2,1-5H3. The van der Waals surface area contributed by atoms with Gasteiger partial charge in [0.1, 0.15) is 11.4 Å². The first-order valence-corrected chi connectivity index (χ1v) is 9.81. The number of nitrogens with zero attached hydrogens (tertiary/aromatic N) is 4. The van der Waals surface area contributed by atoms with E-state index < -0.39 is 5.60 Å². The number of carbonyl (C=O) groups excluding carboxylic acids is 1. The van der Waals surface area contributed by atoms with Gasteiger partial charge in [-0.05, 0) is 46.1 Å². The minimum absolute atomic E-state index is 0.106. The third kappa shape index (κ3) is 4.64. The lowest BCUT2D eigenvalue weighted by Crippen LogP contribution is -2.41. The fraction of sp³-hybridized carbons (Fsp3) is 0.571. The molecule has 3 rings (SSSR count). The summed E-state index contributed by atoms with van der Waals surface area (Å²) in [5.41, 5.74) is 1.67. The average molecular weight is 386 g/mol. The van der Waals surface area contributed by atoms with Gasteiger partial charge in [-0.1, -0.05) is 29.8 Å². The molecule has 2 heterocycles. The van der Waals surface area contributed by atoms with Crippen LogP contribution in [0.2, 0.25) is 0 Å². The van der Waals surface area contributed by atoms with E-state index in [-0.39, 0.29) is 17.7 Å². The van der Waals surface area contributed by atoms with Crippen molar-refractivity contribution < 1.29 is 9.53 Å². The number of ether oxygens (including phenoxy) is 1. The fourth-order valence-corrected chi connectivity index (χ4v) is 3.50. The van der Waals surface area contributed by atoms with Crippen LogP contribution in [-0.2, 0) is 18.3 Å². The SMILES string of the molecule is Cc1ccc(Cn2c(C3CCN(C(=O)OC(C)(C)C)CC3)nn(C)c2=O)cc1. The summed E-state index contributed by atoms with van der Waals surface area (Å²) in [7, 11) is 1.69. The molecule has 1 aromatic heterocycles. The molecule has 0 atom stereocenters. The van der Waals surface area contributed by atoms with E-state index >= 15 is 0 Å². The second kappa shape index (κ2) is 7.81. The van der Waals surface area contributed by atoms with Crippen molar-refractivity contribution in [3.05, 3.63) is 51.7 Å². The Labute approximate surface area is 165 Å². The van der Waals surface area contributed by atoms with Crippen LogP contribution in [0, 0.1) is 6.92 Å². The van der Waals surface area contributed by atoms with E-state index in [4.69, 9.17) is 4.74 Å². The summed E-state index contributed by atoms with van der Waals surface area (Å²) in [6, 6.07) is 8.19. The average Bonchev–Trinajstić information content (AvgIpc) is 2.91. The molecule has 28 heavy (non-hydrogen) atoms. The summed E-state index contributed by atoms with van der Waals surface area (Å²) in [4.78, 5) is 26.6. The third-order valence-electron chi connectivity index (χ3n) is 5.01. The molecule has 0 saturated carbocycles.